The van der Waals surface area contributed by atoms with Crippen molar-refractivity contribution in [1.29, 1.82) is 0 Å². The number of benzene rings is 1. The minimum atomic E-state index is 0.719. The molecule has 0 amide bonds. The first-order chi connectivity index (χ1) is 7.35. The molecule has 4 nitrogen and oxygen atoms in total. The first-order valence-corrected chi connectivity index (χ1v) is 4.56. The van der Waals surface area contributed by atoms with Gasteiger partial charge in [-0.15, -0.1) is 0 Å². The molecule has 15 heavy (non-hydrogen) atoms. The lowest BCUT2D eigenvalue weighted by atomic mass is 10.1. The van der Waals surface area contributed by atoms with Crippen LogP contribution < -0.4 is 9.47 Å². The van der Waals surface area contributed by atoms with E-state index in [0.29, 0.717) is 0 Å². The number of rotatable bonds is 3. The second-order valence-corrected chi connectivity index (χ2v) is 3.06. The molecular formula is C11H12N2O2. The molecule has 78 valence electrons. The highest BCUT2D eigenvalue weighted by Crippen LogP contribution is 2.31. The Bertz CT molecular complexity index is 438. The van der Waals surface area contributed by atoms with Crippen molar-refractivity contribution in [3.8, 4) is 22.6 Å². The second kappa shape index (κ2) is 4.04. The van der Waals surface area contributed by atoms with E-state index in [0.717, 1.165) is 22.6 Å². The van der Waals surface area contributed by atoms with Gasteiger partial charge in [-0.05, 0) is 17.7 Å². The van der Waals surface area contributed by atoms with Crippen molar-refractivity contribution in [3.63, 3.8) is 0 Å². The summed E-state index contributed by atoms with van der Waals surface area (Å²) < 4.78 is 10.4. The zero-order valence-corrected chi connectivity index (χ0v) is 8.65. The number of hydrogen-bond donors (Lipinski definition) is 1. The minimum absolute atomic E-state index is 0.719. The standard InChI is InChI=1S/C11H12N2O2/c1-14-10-4-3-8(5-11(10)15-2)9-6-12-13-7-9/h3-7H,1-2H3,(H,12,13). The molecule has 0 radical (unpaired) electrons. The molecule has 4 heteroatoms. The summed E-state index contributed by atoms with van der Waals surface area (Å²) in [5.74, 6) is 1.45. The largest absolute Gasteiger partial charge is 0.493 e. The van der Waals surface area contributed by atoms with Gasteiger partial charge in [-0.2, -0.15) is 5.10 Å². The van der Waals surface area contributed by atoms with Crippen LogP contribution in [0, 0.1) is 0 Å². The maximum absolute atomic E-state index is 5.22. The van der Waals surface area contributed by atoms with Gasteiger partial charge in [0.25, 0.3) is 0 Å². The van der Waals surface area contributed by atoms with Crippen molar-refractivity contribution in [3.05, 3.63) is 30.6 Å². The molecular weight excluding hydrogens is 192 g/mol. The smallest absolute Gasteiger partial charge is 0.161 e. The van der Waals surface area contributed by atoms with Crippen molar-refractivity contribution in [2.45, 2.75) is 0 Å². The molecule has 0 saturated carbocycles. The molecule has 0 atom stereocenters. The van der Waals surface area contributed by atoms with Crippen LogP contribution in [-0.4, -0.2) is 24.4 Å². The quantitative estimate of drug-likeness (QED) is 0.832. The fourth-order valence-corrected chi connectivity index (χ4v) is 1.42. The summed E-state index contributed by atoms with van der Waals surface area (Å²) in [4.78, 5) is 0. The summed E-state index contributed by atoms with van der Waals surface area (Å²) in [6.45, 7) is 0. The van der Waals surface area contributed by atoms with Gasteiger partial charge in [-0.25, -0.2) is 0 Å². The molecule has 1 heterocycles. The van der Waals surface area contributed by atoms with Crippen molar-refractivity contribution >= 4 is 0 Å². The fraction of sp³-hybridized carbons (Fsp3) is 0.182. The number of aromatic amines is 1. The molecule has 1 aromatic carbocycles. The van der Waals surface area contributed by atoms with E-state index in [9.17, 15) is 0 Å². The second-order valence-electron chi connectivity index (χ2n) is 3.06. The van der Waals surface area contributed by atoms with Crippen molar-refractivity contribution in [2.24, 2.45) is 0 Å². The van der Waals surface area contributed by atoms with Gasteiger partial charge < -0.3 is 9.47 Å². The lowest BCUT2D eigenvalue weighted by Gasteiger charge is -2.08. The van der Waals surface area contributed by atoms with E-state index < -0.39 is 0 Å². The first kappa shape index (κ1) is 9.58. The molecule has 0 fully saturated rings. The maximum atomic E-state index is 5.22. The van der Waals surface area contributed by atoms with Crippen LogP contribution in [0.15, 0.2) is 30.6 Å². The Morgan fingerprint density at radius 3 is 2.47 bits per heavy atom. The molecule has 1 N–H and O–H groups in total. The summed E-state index contributed by atoms with van der Waals surface area (Å²) >= 11 is 0. The Hall–Kier alpha value is -1.97. The van der Waals surface area contributed by atoms with Gasteiger partial charge >= 0.3 is 0 Å². The molecule has 0 aliphatic carbocycles. The van der Waals surface area contributed by atoms with E-state index in [1.807, 2.05) is 24.4 Å². The Balaban J connectivity index is 2.43. The van der Waals surface area contributed by atoms with E-state index in [4.69, 9.17) is 9.47 Å². The fourth-order valence-electron chi connectivity index (χ4n) is 1.42. The van der Waals surface area contributed by atoms with Crippen LogP contribution in [0.4, 0.5) is 0 Å². The van der Waals surface area contributed by atoms with Gasteiger partial charge in [0.15, 0.2) is 11.5 Å². The first-order valence-electron chi connectivity index (χ1n) is 4.56. The van der Waals surface area contributed by atoms with Crippen LogP contribution in [0.5, 0.6) is 11.5 Å². The van der Waals surface area contributed by atoms with E-state index >= 15 is 0 Å². The van der Waals surface area contributed by atoms with Crippen LogP contribution in [-0.2, 0) is 0 Å². The van der Waals surface area contributed by atoms with Crippen molar-refractivity contribution < 1.29 is 9.47 Å². The Morgan fingerprint density at radius 2 is 1.87 bits per heavy atom. The maximum Gasteiger partial charge on any atom is 0.161 e. The molecule has 0 saturated heterocycles. The van der Waals surface area contributed by atoms with Crippen LogP contribution >= 0.6 is 0 Å². The molecule has 0 bridgehead atoms. The zero-order valence-electron chi connectivity index (χ0n) is 8.65. The molecule has 0 spiro atoms. The van der Waals surface area contributed by atoms with Crippen LogP contribution in [0.2, 0.25) is 0 Å². The third-order valence-electron chi connectivity index (χ3n) is 2.22. The molecule has 0 unspecified atom stereocenters. The zero-order chi connectivity index (χ0) is 10.7. The summed E-state index contributed by atoms with van der Waals surface area (Å²) in [6, 6.07) is 5.76. The Kier molecular flexibility index (Phi) is 2.58. The molecule has 2 aromatic rings. The number of nitrogens with one attached hydrogen (secondary N) is 1. The van der Waals surface area contributed by atoms with E-state index in [1.54, 1.807) is 20.4 Å². The Morgan fingerprint density at radius 1 is 1.07 bits per heavy atom. The van der Waals surface area contributed by atoms with Crippen LogP contribution in [0.3, 0.4) is 0 Å². The molecule has 0 aliphatic rings. The van der Waals surface area contributed by atoms with E-state index in [1.165, 1.54) is 0 Å². The van der Waals surface area contributed by atoms with Gasteiger partial charge in [0.1, 0.15) is 0 Å². The van der Waals surface area contributed by atoms with E-state index in [2.05, 4.69) is 10.2 Å². The topological polar surface area (TPSA) is 47.1 Å². The van der Waals surface area contributed by atoms with Crippen molar-refractivity contribution in [2.75, 3.05) is 14.2 Å². The predicted molar refractivity (Wildman–Crippen MR) is 57.1 cm³/mol. The number of methoxy groups -OCH3 is 2. The summed E-state index contributed by atoms with van der Waals surface area (Å²) in [5, 5.41) is 6.67. The average molecular weight is 204 g/mol. The van der Waals surface area contributed by atoms with Gasteiger partial charge in [-0.1, -0.05) is 6.07 Å². The van der Waals surface area contributed by atoms with Gasteiger partial charge in [0, 0.05) is 11.8 Å². The van der Waals surface area contributed by atoms with Gasteiger partial charge in [-0.3, -0.25) is 5.10 Å². The lowest BCUT2D eigenvalue weighted by molar-refractivity contribution is 0.355. The predicted octanol–water partition coefficient (Wildman–Crippen LogP) is 2.09. The minimum Gasteiger partial charge on any atom is -0.493 e. The number of hydrogen-bond acceptors (Lipinski definition) is 3. The monoisotopic (exact) mass is 204 g/mol. The van der Waals surface area contributed by atoms with Crippen LogP contribution in [0.1, 0.15) is 0 Å². The van der Waals surface area contributed by atoms with E-state index in [-0.39, 0.29) is 0 Å². The van der Waals surface area contributed by atoms with Crippen LogP contribution in [0.25, 0.3) is 11.1 Å². The van der Waals surface area contributed by atoms with Gasteiger partial charge in [0.05, 0.1) is 20.4 Å². The highest BCUT2D eigenvalue weighted by atomic mass is 16.5. The van der Waals surface area contributed by atoms with Gasteiger partial charge in [0.2, 0.25) is 0 Å². The third-order valence-corrected chi connectivity index (χ3v) is 2.22. The number of ether oxygens (including phenoxy) is 2. The average Bonchev–Trinajstić information content (AvgIpc) is 2.81. The Labute approximate surface area is 87.8 Å². The highest BCUT2D eigenvalue weighted by Gasteiger charge is 2.06. The van der Waals surface area contributed by atoms with Crippen molar-refractivity contribution in [1.82, 2.24) is 10.2 Å². The normalized spacial score (nSPS) is 10.0. The summed E-state index contributed by atoms with van der Waals surface area (Å²) in [6.07, 6.45) is 3.60. The number of nitrogens with zero attached hydrogens (tertiary/aromatic N) is 1. The molecule has 2 rings (SSSR count). The number of aromatic nitrogens is 2. The lowest BCUT2D eigenvalue weighted by Crippen LogP contribution is -1.90. The molecule has 0 aliphatic heterocycles. The highest BCUT2D eigenvalue weighted by molar-refractivity contribution is 5.65. The third kappa shape index (κ3) is 1.79. The number of H-pyrrole nitrogens is 1. The summed E-state index contributed by atoms with van der Waals surface area (Å²) in [5.41, 5.74) is 2.07. The molecule has 1 aromatic heterocycles. The SMILES string of the molecule is COc1ccc(-c2cn[nH]c2)cc1OC. The summed E-state index contributed by atoms with van der Waals surface area (Å²) in [7, 11) is 3.24.